The molecule has 1 aromatic carbocycles. The predicted molar refractivity (Wildman–Crippen MR) is 109 cm³/mol. The van der Waals surface area contributed by atoms with E-state index in [1.54, 1.807) is 7.11 Å². The third-order valence-electron chi connectivity index (χ3n) is 4.93. The smallest absolute Gasteiger partial charge is 0.319 e. The van der Waals surface area contributed by atoms with Crippen molar-refractivity contribution in [2.45, 2.75) is 25.8 Å². The Balaban J connectivity index is 1.74. The van der Waals surface area contributed by atoms with Crippen LogP contribution in [0.3, 0.4) is 0 Å². The average molecular weight is 379 g/mol. The van der Waals surface area contributed by atoms with Crippen LogP contribution in [0.5, 0.6) is 5.75 Å². The van der Waals surface area contributed by atoms with E-state index in [0.717, 1.165) is 25.2 Å². The van der Waals surface area contributed by atoms with Crippen molar-refractivity contribution in [3.05, 3.63) is 23.8 Å². The van der Waals surface area contributed by atoms with Crippen LogP contribution in [-0.2, 0) is 4.74 Å². The number of piperidine rings is 1. The van der Waals surface area contributed by atoms with Gasteiger partial charge in [-0.25, -0.2) is 4.79 Å². The minimum atomic E-state index is -0.210. The molecule has 1 aliphatic rings. The van der Waals surface area contributed by atoms with Gasteiger partial charge in [-0.05, 0) is 64.6 Å². The van der Waals surface area contributed by atoms with Gasteiger partial charge in [0.15, 0.2) is 0 Å². The number of amides is 2. The molecule has 0 aromatic heterocycles. The summed E-state index contributed by atoms with van der Waals surface area (Å²) in [6.45, 7) is 6.61. The highest BCUT2D eigenvalue weighted by atomic mass is 16.5. The number of carbonyl (C=O) groups is 1. The van der Waals surface area contributed by atoms with Gasteiger partial charge in [-0.15, -0.1) is 0 Å². The molecule has 1 fully saturated rings. The zero-order valence-electron chi connectivity index (χ0n) is 17.1. The first-order valence-corrected chi connectivity index (χ1v) is 9.65. The summed E-state index contributed by atoms with van der Waals surface area (Å²) in [5, 5.41) is 5.82. The second kappa shape index (κ2) is 11.1. The van der Waals surface area contributed by atoms with Gasteiger partial charge in [-0.1, -0.05) is 6.07 Å². The number of carbonyl (C=O) groups excluding carboxylic acids is 1. The Morgan fingerprint density at radius 2 is 2.00 bits per heavy atom. The Bertz CT molecular complexity index is 587. The first-order valence-electron chi connectivity index (χ1n) is 9.65. The molecule has 1 saturated heterocycles. The van der Waals surface area contributed by atoms with Crippen LogP contribution < -0.4 is 15.4 Å². The molecule has 2 amide bonds. The fourth-order valence-corrected chi connectivity index (χ4v) is 3.24. The molecule has 0 spiro atoms. The van der Waals surface area contributed by atoms with Crippen LogP contribution >= 0.6 is 0 Å². The molecule has 0 radical (unpaired) electrons. The Morgan fingerprint density at radius 3 is 2.67 bits per heavy atom. The number of benzene rings is 1. The van der Waals surface area contributed by atoms with Crippen molar-refractivity contribution < 1.29 is 14.3 Å². The number of anilines is 1. The van der Waals surface area contributed by atoms with E-state index < -0.39 is 0 Å². The third-order valence-corrected chi connectivity index (χ3v) is 4.93. The summed E-state index contributed by atoms with van der Waals surface area (Å²) in [4.78, 5) is 16.9. The highest BCUT2D eigenvalue weighted by Crippen LogP contribution is 2.25. The zero-order valence-corrected chi connectivity index (χ0v) is 17.1. The highest BCUT2D eigenvalue weighted by molar-refractivity contribution is 5.90. The lowest BCUT2D eigenvalue weighted by atomic mass is 10.0. The molecular formula is C20H34N4O3. The maximum Gasteiger partial charge on any atom is 0.319 e. The number of nitrogens with zero attached hydrogens (tertiary/aromatic N) is 2. The lowest BCUT2D eigenvalue weighted by Gasteiger charge is -2.35. The van der Waals surface area contributed by atoms with Gasteiger partial charge in [0, 0.05) is 26.2 Å². The summed E-state index contributed by atoms with van der Waals surface area (Å²) in [5.41, 5.74) is 1.75. The van der Waals surface area contributed by atoms with Gasteiger partial charge in [-0.3, -0.25) is 0 Å². The van der Waals surface area contributed by atoms with E-state index in [2.05, 4.69) is 34.5 Å². The molecule has 1 heterocycles. The van der Waals surface area contributed by atoms with E-state index in [-0.39, 0.29) is 6.03 Å². The summed E-state index contributed by atoms with van der Waals surface area (Å²) in [7, 11) is 5.92. The molecule has 0 bridgehead atoms. The fourth-order valence-electron chi connectivity index (χ4n) is 3.24. The van der Waals surface area contributed by atoms with Crippen molar-refractivity contribution in [1.82, 2.24) is 15.1 Å². The van der Waals surface area contributed by atoms with E-state index in [1.807, 2.05) is 25.1 Å². The number of ether oxygens (including phenoxy) is 2. The molecule has 0 unspecified atom stereocenters. The molecule has 0 atom stereocenters. The number of hydrogen-bond donors (Lipinski definition) is 2. The number of likely N-dealkylation sites (tertiary alicyclic amines) is 1. The average Bonchev–Trinajstić information content (AvgIpc) is 2.64. The summed E-state index contributed by atoms with van der Waals surface area (Å²) in [6.07, 6.45) is 2.37. The standard InChI is InChI=1S/C20H34N4O3/c1-16-5-6-18(19(15-16)27-14-13-26-4)22-20(25)21-9-12-24-10-7-17(8-11-24)23(2)3/h5-6,15,17H,7-14H2,1-4H3,(H2,21,22,25). The van der Waals surface area contributed by atoms with Crippen molar-refractivity contribution in [2.24, 2.45) is 0 Å². The maximum absolute atomic E-state index is 12.2. The van der Waals surface area contributed by atoms with Gasteiger partial charge in [0.25, 0.3) is 0 Å². The second-order valence-electron chi connectivity index (χ2n) is 7.26. The molecule has 7 heteroatoms. The molecule has 2 N–H and O–H groups in total. The topological polar surface area (TPSA) is 66.1 Å². The number of aryl methyl sites for hydroxylation is 1. The summed E-state index contributed by atoms with van der Waals surface area (Å²) >= 11 is 0. The van der Waals surface area contributed by atoms with Crippen molar-refractivity contribution in [2.75, 3.05) is 65.9 Å². The van der Waals surface area contributed by atoms with Crippen LogP contribution in [0.25, 0.3) is 0 Å². The lowest BCUT2D eigenvalue weighted by molar-refractivity contribution is 0.146. The van der Waals surface area contributed by atoms with E-state index >= 15 is 0 Å². The first kappa shape index (κ1) is 21.5. The molecule has 0 aliphatic carbocycles. The number of methoxy groups -OCH3 is 1. The fraction of sp³-hybridized carbons (Fsp3) is 0.650. The Morgan fingerprint density at radius 1 is 1.26 bits per heavy atom. The number of nitrogens with one attached hydrogen (secondary N) is 2. The van der Waals surface area contributed by atoms with Crippen LogP contribution in [-0.4, -0.2) is 82.5 Å². The third kappa shape index (κ3) is 7.36. The van der Waals surface area contributed by atoms with Gasteiger partial charge in [0.2, 0.25) is 0 Å². The Labute approximate surface area is 163 Å². The normalized spacial score (nSPS) is 15.7. The van der Waals surface area contributed by atoms with Gasteiger partial charge in [0.05, 0.1) is 12.3 Å². The molecule has 27 heavy (non-hydrogen) atoms. The molecule has 2 rings (SSSR count). The van der Waals surface area contributed by atoms with Gasteiger partial charge in [0.1, 0.15) is 12.4 Å². The first-order chi connectivity index (χ1) is 13.0. The van der Waals surface area contributed by atoms with Crippen LogP contribution in [0.2, 0.25) is 0 Å². The van der Waals surface area contributed by atoms with Crippen molar-refractivity contribution in [3.8, 4) is 5.75 Å². The Kier molecular flexibility index (Phi) is 8.84. The van der Waals surface area contributed by atoms with Gasteiger partial charge < -0.3 is 29.9 Å². The second-order valence-corrected chi connectivity index (χ2v) is 7.26. The van der Waals surface area contributed by atoms with E-state index in [0.29, 0.717) is 37.2 Å². The minimum Gasteiger partial charge on any atom is -0.489 e. The molecular weight excluding hydrogens is 344 g/mol. The molecule has 0 saturated carbocycles. The molecule has 1 aliphatic heterocycles. The van der Waals surface area contributed by atoms with E-state index in [1.165, 1.54) is 12.8 Å². The van der Waals surface area contributed by atoms with Gasteiger partial charge >= 0.3 is 6.03 Å². The summed E-state index contributed by atoms with van der Waals surface area (Å²) in [5.74, 6) is 0.660. The molecule has 7 nitrogen and oxygen atoms in total. The van der Waals surface area contributed by atoms with Crippen LogP contribution in [0.4, 0.5) is 10.5 Å². The highest BCUT2D eigenvalue weighted by Gasteiger charge is 2.20. The lowest BCUT2D eigenvalue weighted by Crippen LogP contribution is -2.44. The van der Waals surface area contributed by atoms with E-state index in [4.69, 9.17) is 9.47 Å². The number of hydrogen-bond acceptors (Lipinski definition) is 5. The monoisotopic (exact) mass is 378 g/mol. The van der Waals surface area contributed by atoms with Gasteiger partial charge in [-0.2, -0.15) is 0 Å². The van der Waals surface area contributed by atoms with Crippen molar-refractivity contribution >= 4 is 11.7 Å². The maximum atomic E-state index is 12.2. The van der Waals surface area contributed by atoms with Crippen LogP contribution in [0, 0.1) is 6.92 Å². The quantitative estimate of drug-likeness (QED) is 0.645. The molecule has 152 valence electrons. The SMILES string of the molecule is COCCOc1cc(C)ccc1NC(=O)NCCN1CCC(N(C)C)CC1. The van der Waals surface area contributed by atoms with Crippen LogP contribution in [0.1, 0.15) is 18.4 Å². The predicted octanol–water partition coefficient (Wildman–Crippen LogP) is 2.17. The molecule has 1 aromatic rings. The van der Waals surface area contributed by atoms with Crippen LogP contribution in [0.15, 0.2) is 18.2 Å². The number of rotatable bonds is 9. The van der Waals surface area contributed by atoms with Crippen molar-refractivity contribution in [1.29, 1.82) is 0 Å². The number of urea groups is 1. The van der Waals surface area contributed by atoms with E-state index in [9.17, 15) is 4.79 Å². The minimum absolute atomic E-state index is 0.210. The summed E-state index contributed by atoms with van der Waals surface area (Å²) in [6, 6.07) is 6.20. The van der Waals surface area contributed by atoms with Crippen molar-refractivity contribution in [3.63, 3.8) is 0 Å². The Hall–Kier alpha value is -1.83. The zero-order chi connectivity index (χ0) is 19.6. The summed E-state index contributed by atoms with van der Waals surface area (Å²) < 4.78 is 10.7. The largest absolute Gasteiger partial charge is 0.489 e.